The molecule has 1 N–H and O–H groups in total. The Balaban J connectivity index is 1.73. The molecule has 1 heterocycles. The Morgan fingerprint density at radius 2 is 1.67 bits per heavy atom. The van der Waals surface area contributed by atoms with Crippen molar-refractivity contribution in [3.8, 4) is 11.5 Å². The average molecular weight is 454 g/mol. The van der Waals surface area contributed by atoms with Crippen LogP contribution in [-0.4, -0.2) is 49.0 Å². The Hall–Kier alpha value is -3.55. The molecule has 1 aliphatic heterocycles. The number of methoxy groups -OCH3 is 1. The smallest absolute Gasteiger partial charge is 0.332 e. The molecule has 0 saturated carbocycles. The summed E-state index contributed by atoms with van der Waals surface area (Å²) in [5.74, 6) is 0.736. The fourth-order valence-electron chi connectivity index (χ4n) is 3.65. The molecule has 0 spiro atoms. The molecule has 0 aromatic heterocycles. The predicted molar refractivity (Wildman–Crippen MR) is 127 cm³/mol. The van der Waals surface area contributed by atoms with Crippen LogP contribution in [0.15, 0.2) is 48.5 Å². The highest BCUT2D eigenvalue weighted by Crippen LogP contribution is 2.29. The Morgan fingerprint density at radius 3 is 2.24 bits per heavy atom. The molecule has 0 aliphatic carbocycles. The summed E-state index contributed by atoms with van der Waals surface area (Å²) >= 11 is 0. The number of urea groups is 1. The van der Waals surface area contributed by atoms with Gasteiger partial charge in [-0.3, -0.25) is 9.59 Å². The van der Waals surface area contributed by atoms with E-state index in [-0.39, 0.29) is 18.2 Å². The van der Waals surface area contributed by atoms with Crippen molar-refractivity contribution in [1.29, 1.82) is 0 Å². The predicted octanol–water partition coefficient (Wildman–Crippen LogP) is 4.31. The number of nitrogens with one attached hydrogen (secondary N) is 1. The maximum absolute atomic E-state index is 13.2. The maximum Gasteiger partial charge on any atom is 0.332 e. The Morgan fingerprint density at radius 1 is 1.03 bits per heavy atom. The second-order valence-corrected chi connectivity index (χ2v) is 8.34. The summed E-state index contributed by atoms with van der Waals surface area (Å²) in [5.41, 5.74) is 1.05. The molecule has 0 radical (unpaired) electrons. The van der Waals surface area contributed by atoms with E-state index in [1.807, 2.05) is 20.8 Å². The summed E-state index contributed by atoms with van der Waals surface area (Å²) in [4.78, 5) is 41.8. The minimum atomic E-state index is -0.867. The van der Waals surface area contributed by atoms with Crippen LogP contribution < -0.4 is 19.7 Å². The van der Waals surface area contributed by atoms with Crippen LogP contribution in [0.3, 0.4) is 0 Å². The normalized spacial score (nSPS) is 15.8. The molecule has 2 aromatic carbocycles. The first-order valence-electron chi connectivity index (χ1n) is 11.1. The highest BCUT2D eigenvalue weighted by Gasteiger charge is 2.46. The average Bonchev–Trinajstić information content (AvgIpc) is 3.02. The Bertz CT molecular complexity index is 973. The molecule has 8 heteroatoms. The van der Waals surface area contributed by atoms with Crippen molar-refractivity contribution in [3.63, 3.8) is 0 Å². The van der Waals surface area contributed by atoms with Gasteiger partial charge in [0.2, 0.25) is 5.91 Å². The Kier molecular flexibility index (Phi) is 7.92. The monoisotopic (exact) mass is 453 g/mol. The summed E-state index contributed by atoms with van der Waals surface area (Å²) in [7, 11) is 1.55. The van der Waals surface area contributed by atoms with Crippen LogP contribution in [0.2, 0.25) is 0 Å². The quantitative estimate of drug-likeness (QED) is 0.542. The molecule has 2 aromatic rings. The van der Waals surface area contributed by atoms with Gasteiger partial charge in [0.15, 0.2) is 0 Å². The fourth-order valence-corrected chi connectivity index (χ4v) is 3.65. The zero-order valence-corrected chi connectivity index (χ0v) is 19.5. The number of anilines is 2. The number of carbonyl (C=O) groups is 3. The van der Waals surface area contributed by atoms with E-state index in [2.05, 4.69) is 5.32 Å². The zero-order valence-electron chi connectivity index (χ0n) is 19.5. The van der Waals surface area contributed by atoms with Gasteiger partial charge < -0.3 is 19.7 Å². The van der Waals surface area contributed by atoms with Crippen molar-refractivity contribution in [2.75, 3.05) is 30.5 Å². The van der Waals surface area contributed by atoms with E-state index in [1.54, 1.807) is 55.6 Å². The molecule has 1 fully saturated rings. The van der Waals surface area contributed by atoms with E-state index < -0.39 is 18.0 Å². The van der Waals surface area contributed by atoms with E-state index in [0.29, 0.717) is 30.3 Å². The molecule has 33 heavy (non-hydrogen) atoms. The summed E-state index contributed by atoms with van der Waals surface area (Å²) in [5, 5.41) is 2.81. The van der Waals surface area contributed by atoms with Gasteiger partial charge >= 0.3 is 6.03 Å². The van der Waals surface area contributed by atoms with Gasteiger partial charge in [0.25, 0.3) is 5.91 Å². The first-order valence-corrected chi connectivity index (χ1v) is 11.1. The van der Waals surface area contributed by atoms with Crippen LogP contribution in [-0.2, 0) is 9.59 Å². The van der Waals surface area contributed by atoms with Crippen molar-refractivity contribution in [1.82, 2.24) is 4.90 Å². The number of nitrogens with zero attached hydrogens (tertiary/aromatic N) is 2. The third-order valence-corrected chi connectivity index (χ3v) is 5.20. The lowest BCUT2D eigenvalue weighted by atomic mass is 10.1. The summed E-state index contributed by atoms with van der Waals surface area (Å²) < 4.78 is 10.7. The van der Waals surface area contributed by atoms with Gasteiger partial charge in [-0.05, 0) is 60.9 Å². The second kappa shape index (κ2) is 10.8. The number of ether oxygens (including phenoxy) is 2. The Labute approximate surface area is 194 Å². The molecule has 4 amide bonds. The van der Waals surface area contributed by atoms with Gasteiger partial charge in [-0.2, -0.15) is 0 Å². The number of carbonyl (C=O) groups excluding carboxylic acids is 3. The minimum Gasteiger partial charge on any atom is -0.497 e. The van der Waals surface area contributed by atoms with Gasteiger partial charge in [-0.15, -0.1) is 0 Å². The van der Waals surface area contributed by atoms with Crippen molar-refractivity contribution in [2.45, 2.75) is 39.7 Å². The number of benzene rings is 2. The number of amides is 4. The molecule has 8 nitrogen and oxygen atoms in total. The standard InChI is InChI=1S/C25H31N3O5/c1-5-14-33-21-10-6-18(7-11-21)26-23(29)15-22-24(30)28(25(31)27(22)16-17(2)3)19-8-12-20(32-4)13-9-19/h6-13,17,22H,5,14-16H2,1-4H3,(H,26,29)/t22-/m0/s1. The lowest BCUT2D eigenvalue weighted by Crippen LogP contribution is -2.40. The van der Waals surface area contributed by atoms with E-state index in [0.717, 1.165) is 17.1 Å². The highest BCUT2D eigenvalue weighted by atomic mass is 16.5. The van der Waals surface area contributed by atoms with Crippen LogP contribution in [0, 0.1) is 5.92 Å². The second-order valence-electron chi connectivity index (χ2n) is 8.34. The number of imide groups is 1. The number of hydrogen-bond acceptors (Lipinski definition) is 5. The third kappa shape index (κ3) is 5.83. The largest absolute Gasteiger partial charge is 0.497 e. The fraction of sp³-hybridized carbons (Fsp3) is 0.400. The summed E-state index contributed by atoms with van der Waals surface area (Å²) in [6.07, 6.45) is 0.783. The first kappa shape index (κ1) is 24.1. The van der Waals surface area contributed by atoms with Gasteiger partial charge in [-0.25, -0.2) is 9.69 Å². The topological polar surface area (TPSA) is 88.2 Å². The van der Waals surface area contributed by atoms with Crippen molar-refractivity contribution in [2.24, 2.45) is 5.92 Å². The summed E-state index contributed by atoms with van der Waals surface area (Å²) in [6, 6.07) is 12.5. The third-order valence-electron chi connectivity index (χ3n) is 5.20. The molecule has 1 saturated heterocycles. The van der Waals surface area contributed by atoms with Crippen LogP contribution in [0.1, 0.15) is 33.6 Å². The zero-order chi connectivity index (χ0) is 24.0. The molecule has 176 valence electrons. The molecule has 1 aliphatic rings. The lowest BCUT2D eigenvalue weighted by Gasteiger charge is -2.23. The molecule has 1 atom stereocenters. The van der Waals surface area contributed by atoms with Gasteiger partial charge in [-0.1, -0.05) is 20.8 Å². The molecule has 0 unspecified atom stereocenters. The maximum atomic E-state index is 13.2. The SMILES string of the molecule is CCCOc1ccc(NC(=O)C[C@H]2C(=O)N(c3ccc(OC)cc3)C(=O)N2CC(C)C)cc1. The van der Waals surface area contributed by atoms with E-state index >= 15 is 0 Å². The molecule has 3 rings (SSSR count). The van der Waals surface area contributed by atoms with Crippen molar-refractivity contribution >= 4 is 29.2 Å². The van der Waals surface area contributed by atoms with Gasteiger partial charge in [0, 0.05) is 12.2 Å². The van der Waals surface area contributed by atoms with Crippen LogP contribution in [0.25, 0.3) is 0 Å². The summed E-state index contributed by atoms with van der Waals surface area (Å²) in [6.45, 7) is 6.96. The first-order chi connectivity index (χ1) is 15.8. The van der Waals surface area contributed by atoms with E-state index in [9.17, 15) is 14.4 Å². The van der Waals surface area contributed by atoms with E-state index in [1.165, 1.54) is 4.90 Å². The molecule has 0 bridgehead atoms. The highest BCUT2D eigenvalue weighted by molar-refractivity contribution is 6.22. The van der Waals surface area contributed by atoms with Crippen LogP contribution >= 0.6 is 0 Å². The number of hydrogen-bond donors (Lipinski definition) is 1. The van der Waals surface area contributed by atoms with Crippen molar-refractivity contribution in [3.05, 3.63) is 48.5 Å². The molecular weight excluding hydrogens is 422 g/mol. The molecular formula is C25H31N3O5. The lowest BCUT2D eigenvalue weighted by molar-refractivity contribution is -0.124. The number of rotatable bonds is 10. The van der Waals surface area contributed by atoms with Gasteiger partial charge in [0.1, 0.15) is 17.5 Å². The van der Waals surface area contributed by atoms with E-state index in [4.69, 9.17) is 9.47 Å². The van der Waals surface area contributed by atoms with Crippen LogP contribution in [0.5, 0.6) is 11.5 Å². The van der Waals surface area contributed by atoms with Crippen LogP contribution in [0.4, 0.5) is 16.2 Å². The van der Waals surface area contributed by atoms with Crippen molar-refractivity contribution < 1.29 is 23.9 Å². The minimum absolute atomic E-state index is 0.127. The van der Waals surface area contributed by atoms with Gasteiger partial charge in [0.05, 0.1) is 25.8 Å².